The van der Waals surface area contributed by atoms with E-state index < -0.39 is 5.82 Å². The lowest BCUT2D eigenvalue weighted by molar-refractivity contribution is 0.407. The molecule has 1 fully saturated rings. The number of nitrogens with two attached hydrogens (primary N) is 1. The van der Waals surface area contributed by atoms with Crippen LogP contribution >= 0.6 is 28.3 Å². The molecule has 0 heterocycles. The Labute approximate surface area is 115 Å². The normalized spacial score (nSPS) is 17.8. The monoisotopic (exact) mass is 323 g/mol. The molecule has 0 unspecified atom stereocenters. The molecule has 0 spiro atoms. The summed E-state index contributed by atoms with van der Waals surface area (Å²) < 4.78 is 13.3. The first-order valence-electron chi connectivity index (χ1n) is 5.53. The number of hydrogen-bond acceptors (Lipinski definition) is 2. The van der Waals surface area contributed by atoms with Crippen molar-refractivity contribution < 1.29 is 9.50 Å². The standard InChI is InChI=1S/C12H15BrFNO.ClH/c13-10-9(14)6-5-8(12(10)16)11(15)7-3-1-2-4-7;/h5-7,11,16H,1-4,15H2;1H/t11-;/m0./s1. The summed E-state index contributed by atoms with van der Waals surface area (Å²) in [6.07, 6.45) is 4.58. The molecule has 0 bridgehead atoms. The summed E-state index contributed by atoms with van der Waals surface area (Å²) in [5.41, 5.74) is 6.76. The number of aromatic hydroxyl groups is 1. The van der Waals surface area contributed by atoms with Gasteiger partial charge in [-0.3, -0.25) is 0 Å². The predicted octanol–water partition coefficient (Wildman–Crippen LogP) is 3.91. The maximum atomic E-state index is 13.2. The average Bonchev–Trinajstić information content (AvgIpc) is 2.79. The highest BCUT2D eigenvalue weighted by Gasteiger charge is 2.26. The Bertz CT molecular complexity index is 396. The van der Waals surface area contributed by atoms with E-state index in [0.29, 0.717) is 11.5 Å². The van der Waals surface area contributed by atoms with Gasteiger partial charge < -0.3 is 10.8 Å². The van der Waals surface area contributed by atoms with Crippen LogP contribution in [0.25, 0.3) is 0 Å². The Morgan fingerprint density at radius 1 is 1.35 bits per heavy atom. The molecule has 0 aromatic heterocycles. The van der Waals surface area contributed by atoms with Gasteiger partial charge in [0.1, 0.15) is 11.6 Å². The van der Waals surface area contributed by atoms with Gasteiger partial charge in [-0.25, -0.2) is 4.39 Å². The van der Waals surface area contributed by atoms with Crippen LogP contribution in [0.15, 0.2) is 16.6 Å². The second-order valence-electron chi connectivity index (χ2n) is 4.37. The molecule has 1 atom stereocenters. The van der Waals surface area contributed by atoms with Crippen molar-refractivity contribution in [2.24, 2.45) is 11.7 Å². The molecule has 0 radical (unpaired) electrons. The first-order chi connectivity index (χ1) is 7.61. The zero-order valence-corrected chi connectivity index (χ0v) is 11.7. The molecule has 96 valence electrons. The van der Waals surface area contributed by atoms with Crippen molar-refractivity contribution in [1.29, 1.82) is 0 Å². The molecule has 1 aromatic carbocycles. The van der Waals surface area contributed by atoms with Crippen molar-refractivity contribution >= 4 is 28.3 Å². The second-order valence-corrected chi connectivity index (χ2v) is 5.16. The summed E-state index contributed by atoms with van der Waals surface area (Å²) in [7, 11) is 0. The lowest BCUT2D eigenvalue weighted by Crippen LogP contribution is -2.19. The van der Waals surface area contributed by atoms with E-state index in [-0.39, 0.29) is 28.7 Å². The third kappa shape index (κ3) is 2.92. The molecule has 3 N–H and O–H groups in total. The van der Waals surface area contributed by atoms with Crippen LogP contribution in [-0.2, 0) is 0 Å². The number of phenols is 1. The summed E-state index contributed by atoms with van der Waals surface area (Å²) in [5, 5.41) is 9.84. The average molecular weight is 325 g/mol. The number of rotatable bonds is 2. The van der Waals surface area contributed by atoms with Crippen molar-refractivity contribution in [1.82, 2.24) is 0 Å². The summed E-state index contributed by atoms with van der Waals surface area (Å²) >= 11 is 3.03. The molecule has 2 rings (SSSR count). The van der Waals surface area contributed by atoms with Crippen molar-refractivity contribution in [3.05, 3.63) is 28.0 Å². The Hall–Kier alpha value is -0.320. The van der Waals surface area contributed by atoms with Crippen molar-refractivity contribution in [2.45, 2.75) is 31.7 Å². The van der Waals surface area contributed by atoms with E-state index in [1.54, 1.807) is 6.07 Å². The first kappa shape index (κ1) is 14.7. The van der Waals surface area contributed by atoms with Gasteiger partial charge >= 0.3 is 0 Å². The smallest absolute Gasteiger partial charge is 0.141 e. The van der Waals surface area contributed by atoms with Gasteiger partial charge in [0.25, 0.3) is 0 Å². The molecule has 2 nitrogen and oxygen atoms in total. The molecule has 0 saturated heterocycles. The van der Waals surface area contributed by atoms with E-state index in [2.05, 4.69) is 15.9 Å². The predicted molar refractivity (Wildman–Crippen MR) is 71.9 cm³/mol. The second kappa shape index (κ2) is 6.03. The van der Waals surface area contributed by atoms with Crippen LogP contribution in [0.5, 0.6) is 5.75 Å². The molecule has 1 aromatic rings. The topological polar surface area (TPSA) is 46.2 Å². The SMILES string of the molecule is Cl.N[C@H](c1ccc(F)c(Br)c1O)C1CCCC1. The number of hydrogen-bond donors (Lipinski definition) is 2. The van der Waals surface area contributed by atoms with E-state index in [1.165, 1.54) is 18.9 Å². The van der Waals surface area contributed by atoms with Crippen LogP contribution in [-0.4, -0.2) is 5.11 Å². The largest absolute Gasteiger partial charge is 0.506 e. The van der Waals surface area contributed by atoms with Gasteiger partial charge in [0, 0.05) is 11.6 Å². The van der Waals surface area contributed by atoms with Crippen LogP contribution in [0.4, 0.5) is 4.39 Å². The quantitative estimate of drug-likeness (QED) is 0.866. The Kier molecular flexibility index (Phi) is 5.22. The summed E-state index contributed by atoms with van der Waals surface area (Å²) in [4.78, 5) is 0. The van der Waals surface area contributed by atoms with E-state index in [4.69, 9.17) is 5.73 Å². The highest BCUT2D eigenvalue weighted by molar-refractivity contribution is 9.10. The van der Waals surface area contributed by atoms with Crippen LogP contribution in [0.2, 0.25) is 0 Å². The third-order valence-electron chi connectivity index (χ3n) is 3.37. The molecule has 0 amide bonds. The minimum Gasteiger partial charge on any atom is -0.506 e. The summed E-state index contributed by atoms with van der Waals surface area (Å²) in [6.45, 7) is 0. The van der Waals surface area contributed by atoms with Gasteiger partial charge in [-0.2, -0.15) is 0 Å². The molecule has 1 aliphatic carbocycles. The lowest BCUT2D eigenvalue weighted by Gasteiger charge is -2.20. The fourth-order valence-corrected chi connectivity index (χ4v) is 2.76. The Morgan fingerprint density at radius 3 is 2.53 bits per heavy atom. The molecular weight excluding hydrogens is 308 g/mol. The summed E-state index contributed by atoms with van der Waals surface area (Å²) in [5.74, 6) is -0.109. The molecule has 1 aliphatic rings. The van der Waals surface area contributed by atoms with E-state index >= 15 is 0 Å². The van der Waals surface area contributed by atoms with Gasteiger partial charge in [-0.1, -0.05) is 18.9 Å². The number of phenolic OH excluding ortho intramolecular Hbond substituents is 1. The minimum absolute atomic E-state index is 0. The molecule has 0 aliphatic heterocycles. The lowest BCUT2D eigenvalue weighted by atomic mass is 9.92. The zero-order chi connectivity index (χ0) is 11.7. The minimum atomic E-state index is -0.458. The van der Waals surface area contributed by atoms with Crippen LogP contribution < -0.4 is 5.73 Å². The highest BCUT2D eigenvalue weighted by atomic mass is 79.9. The van der Waals surface area contributed by atoms with Gasteiger partial charge in [-0.15, -0.1) is 12.4 Å². The van der Waals surface area contributed by atoms with Crippen molar-refractivity contribution in [3.8, 4) is 5.75 Å². The molecule has 5 heteroatoms. The highest BCUT2D eigenvalue weighted by Crippen LogP contribution is 2.40. The maximum Gasteiger partial charge on any atom is 0.141 e. The van der Waals surface area contributed by atoms with Crippen LogP contribution in [0.1, 0.15) is 37.3 Å². The van der Waals surface area contributed by atoms with Gasteiger partial charge in [0.2, 0.25) is 0 Å². The maximum absolute atomic E-state index is 13.2. The molecular formula is C12H16BrClFNO. The van der Waals surface area contributed by atoms with Gasteiger partial charge in [-0.05, 0) is 40.8 Å². The van der Waals surface area contributed by atoms with Crippen molar-refractivity contribution in [2.75, 3.05) is 0 Å². The van der Waals surface area contributed by atoms with Gasteiger partial charge in [0.15, 0.2) is 0 Å². The Balaban J connectivity index is 0.00000144. The third-order valence-corrected chi connectivity index (χ3v) is 4.12. The van der Waals surface area contributed by atoms with Gasteiger partial charge in [0.05, 0.1) is 4.47 Å². The van der Waals surface area contributed by atoms with E-state index in [9.17, 15) is 9.50 Å². The fourth-order valence-electron chi connectivity index (χ4n) is 2.39. The number of benzene rings is 1. The fraction of sp³-hybridized carbons (Fsp3) is 0.500. The zero-order valence-electron chi connectivity index (χ0n) is 9.33. The van der Waals surface area contributed by atoms with E-state index in [0.717, 1.165) is 12.8 Å². The molecule has 17 heavy (non-hydrogen) atoms. The Morgan fingerprint density at radius 2 is 1.94 bits per heavy atom. The first-order valence-corrected chi connectivity index (χ1v) is 6.33. The van der Waals surface area contributed by atoms with Crippen LogP contribution in [0, 0.1) is 11.7 Å². The molecule has 1 saturated carbocycles. The summed E-state index contributed by atoms with van der Waals surface area (Å²) in [6, 6.07) is 2.73. The van der Waals surface area contributed by atoms with E-state index in [1.807, 2.05) is 0 Å². The van der Waals surface area contributed by atoms with Crippen LogP contribution in [0.3, 0.4) is 0 Å². The van der Waals surface area contributed by atoms with Crippen molar-refractivity contribution in [3.63, 3.8) is 0 Å². The number of halogens is 3.